The summed E-state index contributed by atoms with van der Waals surface area (Å²) < 4.78 is 5.82. The summed E-state index contributed by atoms with van der Waals surface area (Å²) in [4.78, 5) is 38.9. The Bertz CT molecular complexity index is 1540. The summed E-state index contributed by atoms with van der Waals surface area (Å²) in [5.41, 5.74) is 4.80. The summed E-state index contributed by atoms with van der Waals surface area (Å²) in [6.45, 7) is 11.3. The van der Waals surface area contributed by atoms with Crippen molar-refractivity contribution in [2.75, 3.05) is 75.3 Å². The number of rotatable bonds is 9. The number of nitrogens with zero attached hydrogens (tertiary/aromatic N) is 4. The SMILES string of the molecule is CCOc1ncccc1-c1ccc(N2CCN(C(=O)c3ccc(Cl)cc3N3CCNCC3)C[C@H]2CC)c(C(=O)N[C@@H]2CCNC2)c1. The van der Waals surface area contributed by atoms with Crippen LogP contribution in [0, 0.1) is 0 Å². The maximum Gasteiger partial charge on any atom is 0.256 e. The highest BCUT2D eigenvalue weighted by Crippen LogP contribution is 2.35. The maximum absolute atomic E-state index is 14.1. The molecular weight excluding hydrogens is 602 g/mol. The minimum atomic E-state index is -0.0948. The van der Waals surface area contributed by atoms with Crippen molar-refractivity contribution in [2.45, 2.75) is 38.8 Å². The van der Waals surface area contributed by atoms with Gasteiger partial charge in [-0.15, -0.1) is 0 Å². The van der Waals surface area contributed by atoms with Gasteiger partial charge in [-0.2, -0.15) is 0 Å². The van der Waals surface area contributed by atoms with Gasteiger partial charge < -0.3 is 35.4 Å². The summed E-state index contributed by atoms with van der Waals surface area (Å²) in [5.74, 6) is 0.470. The third-order valence-electron chi connectivity index (χ3n) is 9.20. The number of halogens is 1. The predicted octanol–water partition coefficient (Wildman–Crippen LogP) is 4.04. The average Bonchev–Trinajstić information content (AvgIpc) is 3.61. The largest absolute Gasteiger partial charge is 0.478 e. The quantitative estimate of drug-likeness (QED) is 0.321. The van der Waals surface area contributed by atoms with E-state index in [1.165, 1.54) is 0 Å². The fourth-order valence-corrected chi connectivity index (χ4v) is 6.94. The molecule has 46 heavy (non-hydrogen) atoms. The molecule has 0 aliphatic carbocycles. The van der Waals surface area contributed by atoms with Gasteiger partial charge in [-0.3, -0.25) is 9.59 Å². The Kier molecular flexibility index (Phi) is 10.3. The van der Waals surface area contributed by atoms with Crippen LogP contribution in [-0.2, 0) is 0 Å². The number of hydrogen-bond acceptors (Lipinski definition) is 8. The van der Waals surface area contributed by atoms with Crippen LogP contribution in [0.4, 0.5) is 11.4 Å². The highest BCUT2D eigenvalue weighted by Gasteiger charge is 2.33. The third-order valence-corrected chi connectivity index (χ3v) is 9.43. The summed E-state index contributed by atoms with van der Waals surface area (Å²) in [7, 11) is 0. The Morgan fingerprint density at radius 2 is 1.83 bits per heavy atom. The van der Waals surface area contributed by atoms with E-state index in [4.69, 9.17) is 16.3 Å². The molecule has 3 aromatic rings. The van der Waals surface area contributed by atoms with E-state index >= 15 is 0 Å². The molecule has 3 aliphatic heterocycles. The highest BCUT2D eigenvalue weighted by molar-refractivity contribution is 6.31. The normalized spacial score (nSPS) is 20.1. The number of hydrogen-bond donors (Lipinski definition) is 3. The molecule has 3 saturated heterocycles. The van der Waals surface area contributed by atoms with Gasteiger partial charge in [0, 0.05) is 86.9 Å². The molecule has 0 radical (unpaired) electrons. The lowest BCUT2D eigenvalue weighted by atomic mass is 9.98. The van der Waals surface area contributed by atoms with Gasteiger partial charge in [-0.05, 0) is 74.3 Å². The van der Waals surface area contributed by atoms with Crippen LogP contribution >= 0.6 is 11.6 Å². The standard InChI is InChI=1S/C35H44ClN7O3/c1-3-27-23-42(35(45)29-9-8-25(36)21-32(29)41-16-14-37-15-17-41)18-19-43(27)31-10-7-24(28-6-5-12-39-34(28)46-4-2)20-30(31)33(44)40-26-11-13-38-22-26/h5-10,12,20-21,26-27,37-38H,3-4,11,13-19,22-23H2,1-2H3,(H,40,44)/t26-,27-/m1/s1. The molecule has 0 spiro atoms. The van der Waals surface area contributed by atoms with Crippen molar-refractivity contribution in [3.63, 3.8) is 0 Å². The second-order valence-electron chi connectivity index (χ2n) is 12.1. The number of anilines is 2. The summed E-state index contributed by atoms with van der Waals surface area (Å²) >= 11 is 6.41. The molecule has 1 aromatic heterocycles. The first kappa shape index (κ1) is 32.1. The van der Waals surface area contributed by atoms with Gasteiger partial charge in [0.2, 0.25) is 5.88 Å². The number of pyridine rings is 1. The van der Waals surface area contributed by atoms with Crippen molar-refractivity contribution in [1.29, 1.82) is 0 Å². The topological polar surface area (TPSA) is 102 Å². The fourth-order valence-electron chi connectivity index (χ4n) is 6.77. The highest BCUT2D eigenvalue weighted by atomic mass is 35.5. The van der Waals surface area contributed by atoms with Crippen molar-refractivity contribution in [2.24, 2.45) is 0 Å². The molecule has 244 valence electrons. The molecule has 6 rings (SSSR count). The van der Waals surface area contributed by atoms with Gasteiger partial charge in [0.1, 0.15) is 0 Å². The zero-order chi connectivity index (χ0) is 32.0. The van der Waals surface area contributed by atoms with E-state index in [1.807, 2.05) is 54.3 Å². The molecular formula is C35H44ClN7O3. The first-order valence-electron chi connectivity index (χ1n) is 16.5. The van der Waals surface area contributed by atoms with Crippen molar-refractivity contribution in [3.8, 4) is 17.0 Å². The van der Waals surface area contributed by atoms with Crippen molar-refractivity contribution < 1.29 is 14.3 Å². The third kappa shape index (κ3) is 6.94. The molecule has 3 aliphatic rings. The number of piperazine rings is 2. The van der Waals surface area contributed by atoms with E-state index in [-0.39, 0.29) is 23.9 Å². The Morgan fingerprint density at radius 3 is 2.59 bits per heavy atom. The molecule has 2 amide bonds. The number of aromatic nitrogens is 1. The first-order chi connectivity index (χ1) is 22.5. The van der Waals surface area contributed by atoms with E-state index in [1.54, 1.807) is 12.3 Å². The van der Waals surface area contributed by atoms with Gasteiger partial charge in [0.25, 0.3) is 11.8 Å². The average molecular weight is 646 g/mol. The van der Waals surface area contributed by atoms with E-state index in [9.17, 15) is 9.59 Å². The Hall–Kier alpha value is -3.86. The van der Waals surface area contributed by atoms with Crippen LogP contribution in [0.15, 0.2) is 54.7 Å². The maximum atomic E-state index is 14.1. The number of nitrogens with one attached hydrogen (secondary N) is 3. The molecule has 2 aromatic carbocycles. The lowest BCUT2D eigenvalue weighted by Gasteiger charge is -2.43. The van der Waals surface area contributed by atoms with Crippen molar-refractivity contribution >= 4 is 34.8 Å². The van der Waals surface area contributed by atoms with E-state index in [0.29, 0.717) is 48.3 Å². The van der Waals surface area contributed by atoms with E-state index in [0.717, 1.165) is 74.6 Å². The van der Waals surface area contributed by atoms with Crippen LogP contribution in [0.2, 0.25) is 5.02 Å². The molecule has 11 heteroatoms. The fraction of sp³-hybridized carbons (Fsp3) is 0.457. The molecule has 3 fully saturated rings. The molecule has 0 saturated carbocycles. The number of carbonyl (C=O) groups is 2. The lowest BCUT2D eigenvalue weighted by Crippen LogP contribution is -2.55. The number of carbonyl (C=O) groups excluding carboxylic acids is 2. The lowest BCUT2D eigenvalue weighted by molar-refractivity contribution is 0.0720. The molecule has 0 bridgehead atoms. The second kappa shape index (κ2) is 14.7. The predicted molar refractivity (Wildman–Crippen MR) is 183 cm³/mol. The van der Waals surface area contributed by atoms with Crippen LogP contribution in [0.3, 0.4) is 0 Å². The second-order valence-corrected chi connectivity index (χ2v) is 12.5. The number of amides is 2. The van der Waals surface area contributed by atoms with Crippen LogP contribution < -0.4 is 30.5 Å². The Labute approximate surface area is 276 Å². The molecule has 2 atom stereocenters. The minimum Gasteiger partial charge on any atom is -0.478 e. The number of benzene rings is 2. The number of ether oxygens (including phenoxy) is 1. The van der Waals surface area contributed by atoms with Crippen LogP contribution in [0.25, 0.3) is 11.1 Å². The van der Waals surface area contributed by atoms with Crippen molar-refractivity contribution in [3.05, 3.63) is 70.9 Å². The molecule has 4 heterocycles. The first-order valence-corrected chi connectivity index (χ1v) is 16.9. The summed E-state index contributed by atoms with van der Waals surface area (Å²) in [5, 5.41) is 10.6. The van der Waals surface area contributed by atoms with E-state index < -0.39 is 0 Å². The van der Waals surface area contributed by atoms with Crippen molar-refractivity contribution in [1.82, 2.24) is 25.8 Å². The van der Waals surface area contributed by atoms with Crippen LogP contribution in [-0.4, -0.2) is 99.3 Å². The zero-order valence-electron chi connectivity index (χ0n) is 26.7. The summed E-state index contributed by atoms with van der Waals surface area (Å²) in [6.07, 6.45) is 3.44. The van der Waals surface area contributed by atoms with Gasteiger partial charge in [-0.25, -0.2) is 4.98 Å². The van der Waals surface area contributed by atoms with Gasteiger partial charge in [0.15, 0.2) is 0 Å². The molecule has 10 nitrogen and oxygen atoms in total. The van der Waals surface area contributed by atoms with Crippen LogP contribution in [0.1, 0.15) is 47.4 Å². The van der Waals surface area contributed by atoms with Gasteiger partial charge >= 0.3 is 0 Å². The Balaban J connectivity index is 1.29. The van der Waals surface area contributed by atoms with Gasteiger partial charge in [0.05, 0.1) is 23.4 Å². The monoisotopic (exact) mass is 645 g/mol. The molecule has 0 unspecified atom stereocenters. The van der Waals surface area contributed by atoms with Gasteiger partial charge in [-0.1, -0.05) is 24.6 Å². The molecule has 3 N–H and O–H groups in total. The minimum absolute atomic E-state index is 0.0189. The smallest absolute Gasteiger partial charge is 0.256 e. The van der Waals surface area contributed by atoms with E-state index in [2.05, 4.69) is 37.7 Å². The summed E-state index contributed by atoms with van der Waals surface area (Å²) in [6, 6.07) is 15.6. The Morgan fingerprint density at radius 1 is 0.978 bits per heavy atom. The van der Waals surface area contributed by atoms with Crippen LogP contribution in [0.5, 0.6) is 5.88 Å². The zero-order valence-corrected chi connectivity index (χ0v) is 27.5.